The van der Waals surface area contributed by atoms with Gasteiger partial charge in [0.1, 0.15) is 0 Å². The summed E-state index contributed by atoms with van der Waals surface area (Å²) in [6.45, 7) is 6.84. The van der Waals surface area contributed by atoms with Gasteiger partial charge in [-0.1, -0.05) is 0 Å². The Morgan fingerprint density at radius 3 is 2.62 bits per heavy atom. The lowest BCUT2D eigenvalue weighted by molar-refractivity contribution is 0.640. The van der Waals surface area contributed by atoms with Crippen molar-refractivity contribution in [3.8, 4) is 11.3 Å². The van der Waals surface area contributed by atoms with E-state index in [1.165, 1.54) is 0 Å². The van der Waals surface area contributed by atoms with Crippen molar-refractivity contribution in [2.24, 2.45) is 0 Å². The normalized spacial score (nSPS) is 10.7. The summed E-state index contributed by atoms with van der Waals surface area (Å²) in [5.74, 6) is 0.304. The number of hydrogen-bond acceptors (Lipinski definition) is 4. The van der Waals surface area contributed by atoms with Crippen LogP contribution in [0.5, 0.6) is 0 Å². The van der Waals surface area contributed by atoms with Crippen molar-refractivity contribution < 1.29 is 0 Å². The van der Waals surface area contributed by atoms with E-state index in [9.17, 15) is 0 Å². The molecule has 2 heterocycles. The Hall–Kier alpha value is -1.91. The minimum absolute atomic E-state index is 0.304. The van der Waals surface area contributed by atoms with E-state index in [2.05, 4.69) is 22.0 Å². The Morgan fingerprint density at radius 2 is 2.06 bits per heavy atom. The molecule has 5 heteroatoms. The molecular formula is C11H15N5. The fourth-order valence-corrected chi connectivity index (χ4v) is 1.75. The smallest absolute Gasteiger partial charge is 0.220 e. The van der Waals surface area contributed by atoms with Crippen LogP contribution in [0.4, 0.5) is 5.95 Å². The Balaban J connectivity index is 2.54. The molecule has 0 saturated heterocycles. The van der Waals surface area contributed by atoms with Crippen molar-refractivity contribution in [2.45, 2.75) is 27.3 Å². The molecule has 0 aromatic carbocycles. The minimum atomic E-state index is 0.304. The highest BCUT2D eigenvalue weighted by Gasteiger charge is 2.10. The Morgan fingerprint density at radius 1 is 1.31 bits per heavy atom. The number of nitrogens with zero attached hydrogens (tertiary/aromatic N) is 4. The maximum atomic E-state index is 5.64. The molecule has 0 saturated carbocycles. The van der Waals surface area contributed by atoms with E-state index in [0.29, 0.717) is 5.95 Å². The number of nitrogen functional groups attached to an aromatic ring is 1. The second-order valence-corrected chi connectivity index (χ2v) is 3.71. The second-order valence-electron chi connectivity index (χ2n) is 3.71. The van der Waals surface area contributed by atoms with E-state index in [0.717, 1.165) is 29.2 Å². The van der Waals surface area contributed by atoms with E-state index in [1.807, 2.05) is 30.8 Å². The molecule has 0 spiro atoms. The number of aryl methyl sites for hydroxylation is 2. The van der Waals surface area contributed by atoms with Crippen LogP contribution < -0.4 is 5.73 Å². The highest BCUT2D eigenvalue weighted by Crippen LogP contribution is 2.21. The zero-order chi connectivity index (χ0) is 11.7. The Bertz CT molecular complexity index is 495. The van der Waals surface area contributed by atoms with Gasteiger partial charge in [-0.05, 0) is 26.8 Å². The molecule has 2 aromatic heterocycles. The molecule has 0 aliphatic heterocycles. The summed E-state index contributed by atoms with van der Waals surface area (Å²) in [7, 11) is 0. The SMILES string of the molecule is CCn1ncc(-c2cc(C)nc(N)n2)c1C. The molecule has 0 radical (unpaired) electrons. The van der Waals surface area contributed by atoms with Crippen molar-refractivity contribution in [1.82, 2.24) is 19.7 Å². The highest BCUT2D eigenvalue weighted by atomic mass is 15.3. The summed E-state index contributed by atoms with van der Waals surface area (Å²) in [6.07, 6.45) is 1.82. The van der Waals surface area contributed by atoms with Crippen LogP contribution in [-0.2, 0) is 6.54 Å². The number of nitrogens with two attached hydrogens (primary N) is 1. The van der Waals surface area contributed by atoms with Crippen molar-refractivity contribution in [3.63, 3.8) is 0 Å². The van der Waals surface area contributed by atoms with Gasteiger partial charge < -0.3 is 5.73 Å². The van der Waals surface area contributed by atoms with Crippen LogP contribution in [-0.4, -0.2) is 19.7 Å². The van der Waals surface area contributed by atoms with Gasteiger partial charge in [-0.25, -0.2) is 9.97 Å². The van der Waals surface area contributed by atoms with Gasteiger partial charge >= 0.3 is 0 Å². The molecule has 5 nitrogen and oxygen atoms in total. The molecule has 16 heavy (non-hydrogen) atoms. The van der Waals surface area contributed by atoms with Crippen LogP contribution in [0.2, 0.25) is 0 Å². The lowest BCUT2D eigenvalue weighted by atomic mass is 10.1. The predicted octanol–water partition coefficient (Wildman–Crippen LogP) is 1.56. The largest absolute Gasteiger partial charge is 0.368 e. The first kappa shape index (κ1) is 10.6. The first-order valence-electron chi connectivity index (χ1n) is 5.25. The van der Waals surface area contributed by atoms with Gasteiger partial charge in [0.05, 0.1) is 11.9 Å². The first-order chi connectivity index (χ1) is 7.61. The molecule has 2 aromatic rings. The quantitative estimate of drug-likeness (QED) is 0.828. The summed E-state index contributed by atoms with van der Waals surface area (Å²) >= 11 is 0. The standard InChI is InChI=1S/C11H15N5/c1-4-16-8(3)9(6-13-16)10-5-7(2)14-11(12)15-10/h5-6H,4H2,1-3H3,(H2,12,14,15). The maximum absolute atomic E-state index is 5.64. The van der Waals surface area contributed by atoms with Crippen molar-refractivity contribution in [1.29, 1.82) is 0 Å². The summed E-state index contributed by atoms with van der Waals surface area (Å²) in [4.78, 5) is 8.28. The monoisotopic (exact) mass is 217 g/mol. The zero-order valence-corrected chi connectivity index (χ0v) is 9.73. The van der Waals surface area contributed by atoms with Gasteiger partial charge in [-0.2, -0.15) is 5.10 Å². The lowest BCUT2D eigenvalue weighted by Gasteiger charge is -2.03. The predicted molar refractivity (Wildman–Crippen MR) is 62.8 cm³/mol. The molecule has 0 bridgehead atoms. The highest BCUT2D eigenvalue weighted by molar-refractivity contribution is 5.62. The van der Waals surface area contributed by atoms with Crippen LogP contribution >= 0.6 is 0 Å². The zero-order valence-electron chi connectivity index (χ0n) is 9.73. The molecule has 0 amide bonds. The summed E-state index contributed by atoms with van der Waals surface area (Å²) in [5.41, 5.74) is 9.45. The van der Waals surface area contributed by atoms with Crippen LogP contribution in [0.15, 0.2) is 12.3 Å². The number of anilines is 1. The van der Waals surface area contributed by atoms with Crippen LogP contribution in [0.1, 0.15) is 18.3 Å². The van der Waals surface area contributed by atoms with Gasteiger partial charge in [0.15, 0.2) is 0 Å². The molecule has 2 rings (SSSR count). The Labute approximate surface area is 94.3 Å². The fraction of sp³-hybridized carbons (Fsp3) is 0.364. The first-order valence-corrected chi connectivity index (χ1v) is 5.25. The van der Waals surface area contributed by atoms with Crippen molar-refractivity contribution in [3.05, 3.63) is 23.7 Å². The van der Waals surface area contributed by atoms with Crippen molar-refractivity contribution in [2.75, 3.05) is 5.73 Å². The number of rotatable bonds is 2. The van der Waals surface area contributed by atoms with E-state index in [1.54, 1.807) is 0 Å². The van der Waals surface area contributed by atoms with E-state index < -0.39 is 0 Å². The van der Waals surface area contributed by atoms with E-state index in [-0.39, 0.29) is 0 Å². The molecule has 84 valence electrons. The second kappa shape index (κ2) is 3.92. The third kappa shape index (κ3) is 1.76. The molecular weight excluding hydrogens is 202 g/mol. The summed E-state index contributed by atoms with van der Waals surface area (Å²) < 4.78 is 1.93. The lowest BCUT2D eigenvalue weighted by Crippen LogP contribution is -2.00. The van der Waals surface area contributed by atoms with Crippen LogP contribution in [0.3, 0.4) is 0 Å². The molecule has 0 fully saturated rings. The number of aromatic nitrogens is 4. The van der Waals surface area contributed by atoms with Crippen LogP contribution in [0.25, 0.3) is 11.3 Å². The third-order valence-electron chi connectivity index (χ3n) is 2.55. The molecule has 0 atom stereocenters. The average molecular weight is 217 g/mol. The van der Waals surface area contributed by atoms with Crippen molar-refractivity contribution >= 4 is 5.95 Å². The van der Waals surface area contributed by atoms with Gasteiger partial charge in [0.25, 0.3) is 0 Å². The van der Waals surface area contributed by atoms with Crippen LogP contribution in [0, 0.1) is 13.8 Å². The van der Waals surface area contributed by atoms with E-state index in [4.69, 9.17) is 5.73 Å². The van der Waals surface area contributed by atoms with Gasteiger partial charge in [0, 0.05) is 23.5 Å². The molecule has 0 aliphatic carbocycles. The fourth-order valence-electron chi connectivity index (χ4n) is 1.75. The molecule has 0 unspecified atom stereocenters. The molecule has 0 aliphatic rings. The number of hydrogen-bond donors (Lipinski definition) is 1. The maximum Gasteiger partial charge on any atom is 0.220 e. The topological polar surface area (TPSA) is 69.6 Å². The van der Waals surface area contributed by atoms with Gasteiger partial charge in [0.2, 0.25) is 5.95 Å². The van der Waals surface area contributed by atoms with Gasteiger partial charge in [-0.15, -0.1) is 0 Å². The minimum Gasteiger partial charge on any atom is -0.368 e. The summed E-state index contributed by atoms with van der Waals surface area (Å²) in [5, 5.41) is 4.29. The molecule has 2 N–H and O–H groups in total. The van der Waals surface area contributed by atoms with E-state index >= 15 is 0 Å². The average Bonchev–Trinajstić information content (AvgIpc) is 2.58. The Kier molecular flexibility index (Phi) is 2.60. The van der Waals surface area contributed by atoms with Gasteiger partial charge in [-0.3, -0.25) is 4.68 Å². The summed E-state index contributed by atoms with van der Waals surface area (Å²) in [6, 6.07) is 1.92. The third-order valence-corrected chi connectivity index (χ3v) is 2.55.